The van der Waals surface area contributed by atoms with E-state index in [-0.39, 0.29) is 30.3 Å². The molecule has 1 saturated heterocycles. The SMILES string of the molecule is COC(=O)CC1CCN(c2ccc(OC)c(OC3CCCC3)c2)C1=O. The maximum atomic E-state index is 12.6. The van der Waals surface area contributed by atoms with Crippen molar-refractivity contribution in [2.24, 2.45) is 5.92 Å². The lowest BCUT2D eigenvalue weighted by Gasteiger charge is -2.21. The highest BCUT2D eigenvalue weighted by Gasteiger charge is 2.34. The Hall–Kier alpha value is -2.24. The summed E-state index contributed by atoms with van der Waals surface area (Å²) in [5.74, 6) is 0.654. The van der Waals surface area contributed by atoms with E-state index in [9.17, 15) is 9.59 Å². The second kappa shape index (κ2) is 7.76. The molecule has 1 unspecified atom stereocenters. The van der Waals surface area contributed by atoms with Gasteiger partial charge in [-0.1, -0.05) is 0 Å². The zero-order valence-electron chi connectivity index (χ0n) is 14.8. The van der Waals surface area contributed by atoms with E-state index in [1.807, 2.05) is 18.2 Å². The highest BCUT2D eigenvalue weighted by Crippen LogP contribution is 2.37. The summed E-state index contributed by atoms with van der Waals surface area (Å²) in [5.41, 5.74) is 0.783. The van der Waals surface area contributed by atoms with Crippen LogP contribution in [0.4, 0.5) is 5.69 Å². The Kier molecular flexibility index (Phi) is 5.46. The van der Waals surface area contributed by atoms with E-state index in [0.717, 1.165) is 18.5 Å². The van der Waals surface area contributed by atoms with Crippen molar-refractivity contribution in [3.05, 3.63) is 18.2 Å². The van der Waals surface area contributed by atoms with Crippen LogP contribution in [0.15, 0.2) is 18.2 Å². The summed E-state index contributed by atoms with van der Waals surface area (Å²) in [5, 5.41) is 0. The number of methoxy groups -OCH3 is 2. The fraction of sp³-hybridized carbons (Fsp3) is 0.579. The summed E-state index contributed by atoms with van der Waals surface area (Å²) < 4.78 is 16.2. The van der Waals surface area contributed by atoms with Crippen molar-refractivity contribution < 1.29 is 23.8 Å². The van der Waals surface area contributed by atoms with Gasteiger partial charge in [-0.05, 0) is 44.2 Å². The number of carbonyl (C=O) groups excluding carboxylic acids is 2. The van der Waals surface area contributed by atoms with E-state index in [1.54, 1.807) is 12.0 Å². The molecule has 0 spiro atoms. The van der Waals surface area contributed by atoms with E-state index in [1.165, 1.54) is 20.0 Å². The van der Waals surface area contributed by atoms with Crippen LogP contribution in [0.3, 0.4) is 0 Å². The molecule has 2 fully saturated rings. The molecule has 1 aromatic carbocycles. The number of hydrogen-bond acceptors (Lipinski definition) is 5. The van der Waals surface area contributed by atoms with Crippen LogP contribution in [0.2, 0.25) is 0 Å². The molecule has 0 aromatic heterocycles. The molecule has 0 bridgehead atoms. The van der Waals surface area contributed by atoms with E-state index in [2.05, 4.69) is 4.74 Å². The number of amides is 1. The van der Waals surface area contributed by atoms with Crippen molar-refractivity contribution in [1.82, 2.24) is 0 Å². The summed E-state index contributed by atoms with van der Waals surface area (Å²) in [6.45, 7) is 0.593. The molecule has 6 nitrogen and oxygen atoms in total. The highest BCUT2D eigenvalue weighted by atomic mass is 16.5. The summed E-state index contributed by atoms with van der Waals surface area (Å²) in [6.07, 6.45) is 5.48. The molecule has 1 saturated carbocycles. The monoisotopic (exact) mass is 347 g/mol. The topological polar surface area (TPSA) is 65.1 Å². The van der Waals surface area contributed by atoms with Crippen molar-refractivity contribution in [1.29, 1.82) is 0 Å². The minimum absolute atomic E-state index is 0.0395. The molecule has 1 aromatic rings. The Labute approximate surface area is 148 Å². The average molecular weight is 347 g/mol. The number of anilines is 1. The first-order valence-electron chi connectivity index (χ1n) is 8.85. The van der Waals surface area contributed by atoms with Gasteiger partial charge in [0.2, 0.25) is 5.91 Å². The number of ether oxygens (including phenoxy) is 3. The maximum absolute atomic E-state index is 12.6. The first-order valence-corrected chi connectivity index (χ1v) is 8.85. The van der Waals surface area contributed by atoms with Crippen LogP contribution in [0.5, 0.6) is 11.5 Å². The minimum Gasteiger partial charge on any atom is -0.493 e. The summed E-state index contributed by atoms with van der Waals surface area (Å²) in [7, 11) is 2.96. The number of nitrogens with zero attached hydrogens (tertiary/aromatic N) is 1. The van der Waals surface area contributed by atoms with Gasteiger partial charge in [0.25, 0.3) is 0 Å². The molecule has 1 aliphatic carbocycles. The standard InChI is InChI=1S/C19H25NO5/c1-23-16-8-7-14(12-17(16)25-15-5-3-4-6-15)20-10-9-13(19(20)22)11-18(21)24-2/h7-8,12-13,15H,3-6,9-11H2,1-2H3. The van der Waals surface area contributed by atoms with E-state index in [0.29, 0.717) is 24.5 Å². The third-order valence-electron chi connectivity index (χ3n) is 5.01. The molecular formula is C19H25NO5. The molecule has 0 N–H and O–H groups in total. The molecule has 2 aliphatic rings. The van der Waals surface area contributed by atoms with Crippen molar-refractivity contribution >= 4 is 17.6 Å². The molecule has 6 heteroatoms. The van der Waals surface area contributed by atoms with E-state index < -0.39 is 0 Å². The van der Waals surface area contributed by atoms with Gasteiger partial charge in [-0.2, -0.15) is 0 Å². The zero-order valence-corrected chi connectivity index (χ0v) is 14.8. The number of rotatable bonds is 6. The molecule has 25 heavy (non-hydrogen) atoms. The van der Waals surface area contributed by atoms with Crippen molar-refractivity contribution in [2.45, 2.75) is 44.6 Å². The molecule has 136 valence electrons. The first kappa shape index (κ1) is 17.6. The Morgan fingerprint density at radius 3 is 2.60 bits per heavy atom. The number of hydrogen-bond donors (Lipinski definition) is 0. The van der Waals surface area contributed by atoms with Crippen LogP contribution >= 0.6 is 0 Å². The van der Waals surface area contributed by atoms with Crippen molar-refractivity contribution in [3.8, 4) is 11.5 Å². The second-order valence-corrected chi connectivity index (χ2v) is 6.62. The Bertz CT molecular complexity index is 639. The molecule has 1 heterocycles. The molecule has 1 atom stereocenters. The van der Waals surface area contributed by atoms with Gasteiger partial charge in [-0.15, -0.1) is 0 Å². The first-order chi connectivity index (χ1) is 12.1. The lowest BCUT2D eigenvalue weighted by Crippen LogP contribution is -2.28. The lowest BCUT2D eigenvalue weighted by atomic mass is 10.0. The van der Waals surface area contributed by atoms with Gasteiger partial charge in [-0.25, -0.2) is 0 Å². The molecule has 1 amide bonds. The Balaban J connectivity index is 1.75. The third kappa shape index (κ3) is 3.89. The van der Waals surface area contributed by atoms with Gasteiger partial charge < -0.3 is 19.1 Å². The van der Waals surface area contributed by atoms with Gasteiger partial charge in [0, 0.05) is 18.3 Å². The quantitative estimate of drug-likeness (QED) is 0.740. The Morgan fingerprint density at radius 1 is 1.16 bits per heavy atom. The van der Waals surface area contributed by atoms with Gasteiger partial charge >= 0.3 is 5.97 Å². The Morgan fingerprint density at radius 2 is 1.92 bits per heavy atom. The van der Waals surface area contributed by atoms with Gasteiger partial charge in [-0.3, -0.25) is 9.59 Å². The normalized spacial score (nSPS) is 20.8. The summed E-state index contributed by atoms with van der Waals surface area (Å²) in [6, 6.07) is 5.56. The summed E-state index contributed by atoms with van der Waals surface area (Å²) >= 11 is 0. The predicted molar refractivity (Wildman–Crippen MR) is 93.0 cm³/mol. The second-order valence-electron chi connectivity index (χ2n) is 6.62. The molecule has 1 aliphatic heterocycles. The highest BCUT2D eigenvalue weighted by molar-refractivity contribution is 5.99. The summed E-state index contributed by atoms with van der Waals surface area (Å²) in [4.78, 5) is 25.8. The maximum Gasteiger partial charge on any atom is 0.306 e. The average Bonchev–Trinajstić information content (AvgIpc) is 3.25. The third-order valence-corrected chi connectivity index (χ3v) is 5.01. The van der Waals surface area contributed by atoms with Gasteiger partial charge in [0.05, 0.1) is 32.7 Å². The van der Waals surface area contributed by atoms with Crippen LogP contribution in [-0.4, -0.2) is 38.7 Å². The van der Waals surface area contributed by atoms with E-state index >= 15 is 0 Å². The number of carbonyl (C=O) groups is 2. The van der Waals surface area contributed by atoms with Crippen LogP contribution in [-0.2, 0) is 14.3 Å². The minimum atomic E-state index is -0.347. The smallest absolute Gasteiger partial charge is 0.306 e. The number of benzene rings is 1. The van der Waals surface area contributed by atoms with Crippen LogP contribution < -0.4 is 14.4 Å². The van der Waals surface area contributed by atoms with Crippen LogP contribution in [0.1, 0.15) is 38.5 Å². The molecular weight excluding hydrogens is 322 g/mol. The van der Waals surface area contributed by atoms with E-state index in [4.69, 9.17) is 9.47 Å². The largest absolute Gasteiger partial charge is 0.493 e. The van der Waals surface area contributed by atoms with Gasteiger partial charge in [0.1, 0.15) is 0 Å². The van der Waals surface area contributed by atoms with Crippen molar-refractivity contribution in [2.75, 3.05) is 25.7 Å². The predicted octanol–water partition coefficient (Wildman–Crippen LogP) is 2.93. The van der Waals surface area contributed by atoms with Crippen molar-refractivity contribution in [3.63, 3.8) is 0 Å². The van der Waals surface area contributed by atoms with Gasteiger partial charge in [0.15, 0.2) is 11.5 Å². The fourth-order valence-electron chi connectivity index (χ4n) is 3.58. The van der Waals surface area contributed by atoms with Crippen LogP contribution in [0.25, 0.3) is 0 Å². The number of esters is 1. The zero-order chi connectivity index (χ0) is 17.8. The molecule has 3 rings (SSSR count). The molecule has 0 radical (unpaired) electrons. The fourth-order valence-corrected chi connectivity index (χ4v) is 3.58. The lowest BCUT2D eigenvalue weighted by molar-refractivity contribution is -0.143. The van der Waals surface area contributed by atoms with Crippen LogP contribution in [0, 0.1) is 5.92 Å².